The molecule has 0 aromatic heterocycles. The minimum absolute atomic E-state index is 0.291. The molecule has 102 valence electrons. The SMILES string of the molecule is CCC(C(=O)O)C(=O)NCc1ccc2c(c1)CCO2. The van der Waals surface area contributed by atoms with E-state index in [1.807, 2.05) is 18.2 Å². The topological polar surface area (TPSA) is 75.6 Å². The number of carboxylic acids is 1. The molecule has 1 atom stereocenters. The van der Waals surface area contributed by atoms with Crippen LogP contribution in [0.3, 0.4) is 0 Å². The standard InChI is InChI=1S/C14H17NO4/c1-2-11(14(17)18)13(16)15-8-9-3-4-12-10(7-9)5-6-19-12/h3-4,7,11H,2,5-6,8H2,1H3,(H,15,16)(H,17,18). The summed E-state index contributed by atoms with van der Waals surface area (Å²) < 4.78 is 5.40. The van der Waals surface area contributed by atoms with Crippen LogP contribution in [0.5, 0.6) is 5.75 Å². The summed E-state index contributed by atoms with van der Waals surface area (Å²) in [5.74, 6) is -1.60. The monoisotopic (exact) mass is 263 g/mol. The van der Waals surface area contributed by atoms with Crippen LogP contribution in [0.4, 0.5) is 0 Å². The van der Waals surface area contributed by atoms with Crippen molar-refractivity contribution in [2.75, 3.05) is 6.61 Å². The predicted octanol–water partition coefficient (Wildman–Crippen LogP) is 1.35. The lowest BCUT2D eigenvalue weighted by Gasteiger charge is -2.11. The number of carboxylic acid groups (broad SMARTS) is 1. The van der Waals surface area contributed by atoms with Gasteiger partial charge in [-0.15, -0.1) is 0 Å². The molecule has 0 spiro atoms. The first-order valence-corrected chi connectivity index (χ1v) is 6.37. The maximum atomic E-state index is 11.7. The van der Waals surface area contributed by atoms with E-state index in [0.29, 0.717) is 19.6 Å². The number of carbonyl (C=O) groups excluding carboxylic acids is 1. The fourth-order valence-corrected chi connectivity index (χ4v) is 2.13. The molecule has 1 aromatic rings. The van der Waals surface area contributed by atoms with E-state index in [0.717, 1.165) is 23.3 Å². The Balaban J connectivity index is 1.95. The lowest BCUT2D eigenvalue weighted by Crippen LogP contribution is -2.34. The number of carbonyl (C=O) groups is 2. The van der Waals surface area contributed by atoms with E-state index in [9.17, 15) is 9.59 Å². The molecule has 1 amide bonds. The van der Waals surface area contributed by atoms with Crippen molar-refractivity contribution in [2.45, 2.75) is 26.3 Å². The van der Waals surface area contributed by atoms with Crippen molar-refractivity contribution in [3.8, 4) is 5.75 Å². The van der Waals surface area contributed by atoms with Gasteiger partial charge >= 0.3 is 5.97 Å². The van der Waals surface area contributed by atoms with Crippen molar-refractivity contribution < 1.29 is 19.4 Å². The molecule has 0 bridgehead atoms. The summed E-state index contributed by atoms with van der Waals surface area (Å²) in [6.07, 6.45) is 1.17. The lowest BCUT2D eigenvalue weighted by molar-refractivity contribution is -0.147. The van der Waals surface area contributed by atoms with Gasteiger partial charge in [0.05, 0.1) is 6.61 Å². The molecule has 0 saturated carbocycles. The van der Waals surface area contributed by atoms with Gasteiger partial charge in [0.1, 0.15) is 11.7 Å². The molecule has 5 heteroatoms. The van der Waals surface area contributed by atoms with Crippen molar-refractivity contribution in [3.05, 3.63) is 29.3 Å². The highest BCUT2D eigenvalue weighted by Crippen LogP contribution is 2.25. The molecule has 5 nitrogen and oxygen atoms in total. The van der Waals surface area contributed by atoms with Gasteiger partial charge in [0.2, 0.25) is 5.91 Å². The highest BCUT2D eigenvalue weighted by molar-refractivity contribution is 5.96. The van der Waals surface area contributed by atoms with Crippen molar-refractivity contribution in [2.24, 2.45) is 5.92 Å². The van der Waals surface area contributed by atoms with E-state index >= 15 is 0 Å². The third-order valence-electron chi connectivity index (χ3n) is 3.24. The Hall–Kier alpha value is -2.04. The minimum atomic E-state index is -1.08. The molecule has 2 N–H and O–H groups in total. The number of aliphatic carboxylic acids is 1. The number of rotatable bonds is 5. The third-order valence-corrected chi connectivity index (χ3v) is 3.24. The Bertz CT molecular complexity index is 498. The quantitative estimate of drug-likeness (QED) is 0.786. The van der Waals surface area contributed by atoms with Crippen molar-refractivity contribution in [1.29, 1.82) is 0 Å². The van der Waals surface area contributed by atoms with E-state index in [-0.39, 0.29) is 0 Å². The second-order valence-electron chi connectivity index (χ2n) is 4.56. The molecule has 0 saturated heterocycles. The Kier molecular flexibility index (Phi) is 4.04. The Morgan fingerprint density at radius 2 is 2.26 bits per heavy atom. The summed E-state index contributed by atoms with van der Waals surface area (Å²) in [7, 11) is 0. The first kappa shape index (κ1) is 13.4. The van der Waals surface area contributed by atoms with Gasteiger partial charge in [0.15, 0.2) is 0 Å². The summed E-state index contributed by atoms with van der Waals surface area (Å²) in [6, 6.07) is 5.76. The van der Waals surface area contributed by atoms with Crippen molar-refractivity contribution >= 4 is 11.9 Å². The number of fused-ring (bicyclic) bond motifs is 1. The van der Waals surface area contributed by atoms with E-state index in [1.54, 1.807) is 6.92 Å². The predicted molar refractivity (Wildman–Crippen MR) is 68.9 cm³/mol. The largest absolute Gasteiger partial charge is 0.493 e. The molecular formula is C14H17NO4. The average Bonchev–Trinajstić information content (AvgIpc) is 2.84. The maximum absolute atomic E-state index is 11.7. The van der Waals surface area contributed by atoms with Gasteiger partial charge in [-0.25, -0.2) is 0 Å². The van der Waals surface area contributed by atoms with Gasteiger partial charge in [-0.05, 0) is 23.6 Å². The second-order valence-corrected chi connectivity index (χ2v) is 4.56. The van der Waals surface area contributed by atoms with Gasteiger partial charge in [-0.1, -0.05) is 19.1 Å². The first-order valence-electron chi connectivity index (χ1n) is 6.37. The van der Waals surface area contributed by atoms with Crippen LogP contribution in [0.25, 0.3) is 0 Å². The lowest BCUT2D eigenvalue weighted by atomic mass is 10.1. The number of nitrogens with one attached hydrogen (secondary N) is 1. The zero-order valence-electron chi connectivity index (χ0n) is 10.8. The van der Waals surface area contributed by atoms with Crippen LogP contribution in [0.15, 0.2) is 18.2 Å². The zero-order valence-corrected chi connectivity index (χ0v) is 10.8. The smallest absolute Gasteiger partial charge is 0.316 e. The summed E-state index contributed by atoms with van der Waals surface area (Å²) in [4.78, 5) is 22.6. The molecule has 0 fully saturated rings. The van der Waals surface area contributed by atoms with Gasteiger partial charge in [0.25, 0.3) is 0 Å². The van der Waals surface area contributed by atoms with Gasteiger partial charge < -0.3 is 15.2 Å². The van der Waals surface area contributed by atoms with E-state index in [4.69, 9.17) is 9.84 Å². The molecule has 0 aliphatic carbocycles. The Labute approximate surface area is 111 Å². The van der Waals surface area contributed by atoms with E-state index < -0.39 is 17.8 Å². The van der Waals surface area contributed by atoms with Crippen molar-refractivity contribution in [3.63, 3.8) is 0 Å². The van der Waals surface area contributed by atoms with E-state index in [1.165, 1.54) is 0 Å². The summed E-state index contributed by atoms with van der Waals surface area (Å²) >= 11 is 0. The Morgan fingerprint density at radius 1 is 1.47 bits per heavy atom. The molecule has 1 heterocycles. The summed E-state index contributed by atoms with van der Waals surface area (Å²) in [5.41, 5.74) is 2.09. The molecule has 19 heavy (non-hydrogen) atoms. The first-order chi connectivity index (χ1) is 9.11. The highest BCUT2D eigenvalue weighted by Gasteiger charge is 2.23. The highest BCUT2D eigenvalue weighted by atomic mass is 16.5. The van der Waals surface area contributed by atoms with Crippen LogP contribution in [-0.2, 0) is 22.6 Å². The van der Waals surface area contributed by atoms with Crippen molar-refractivity contribution in [1.82, 2.24) is 5.32 Å². The van der Waals surface area contributed by atoms with Crippen LogP contribution in [0.1, 0.15) is 24.5 Å². The van der Waals surface area contributed by atoms with Gasteiger partial charge in [-0.3, -0.25) is 9.59 Å². The van der Waals surface area contributed by atoms with Gasteiger partial charge in [0, 0.05) is 13.0 Å². The minimum Gasteiger partial charge on any atom is -0.493 e. The summed E-state index contributed by atoms with van der Waals surface area (Å²) in [6.45, 7) is 2.73. The Morgan fingerprint density at radius 3 is 2.95 bits per heavy atom. The molecule has 1 aliphatic heterocycles. The average molecular weight is 263 g/mol. The molecule has 1 unspecified atom stereocenters. The van der Waals surface area contributed by atoms with E-state index in [2.05, 4.69) is 5.32 Å². The number of ether oxygens (including phenoxy) is 1. The maximum Gasteiger partial charge on any atom is 0.316 e. The fourth-order valence-electron chi connectivity index (χ4n) is 2.13. The molecule has 2 rings (SSSR count). The summed E-state index contributed by atoms with van der Waals surface area (Å²) in [5, 5.41) is 11.6. The second kappa shape index (κ2) is 5.73. The molecular weight excluding hydrogens is 246 g/mol. The number of amides is 1. The number of benzene rings is 1. The third kappa shape index (κ3) is 3.05. The van der Waals surface area contributed by atoms with Crippen LogP contribution >= 0.6 is 0 Å². The van der Waals surface area contributed by atoms with Crippen LogP contribution in [0.2, 0.25) is 0 Å². The fraction of sp³-hybridized carbons (Fsp3) is 0.429. The normalized spacial score (nSPS) is 14.4. The zero-order chi connectivity index (χ0) is 13.8. The molecule has 1 aromatic carbocycles. The number of hydrogen-bond donors (Lipinski definition) is 2. The van der Waals surface area contributed by atoms with Crippen LogP contribution in [-0.4, -0.2) is 23.6 Å². The number of hydrogen-bond acceptors (Lipinski definition) is 3. The molecule has 1 aliphatic rings. The van der Waals surface area contributed by atoms with Crippen LogP contribution < -0.4 is 10.1 Å². The van der Waals surface area contributed by atoms with Gasteiger partial charge in [-0.2, -0.15) is 0 Å². The molecule has 0 radical (unpaired) electrons. The van der Waals surface area contributed by atoms with Crippen LogP contribution in [0, 0.1) is 5.92 Å².